The van der Waals surface area contributed by atoms with Gasteiger partial charge < -0.3 is 15.2 Å². The van der Waals surface area contributed by atoms with Crippen LogP contribution in [0.5, 0.6) is 0 Å². The Morgan fingerprint density at radius 1 is 1.33 bits per heavy atom. The third kappa shape index (κ3) is 2.74. The molecular formula is C15H21N3. The summed E-state index contributed by atoms with van der Waals surface area (Å²) in [5, 5.41) is 4.90. The lowest BCUT2D eigenvalue weighted by Gasteiger charge is -2.17. The van der Waals surface area contributed by atoms with E-state index >= 15 is 0 Å². The molecule has 18 heavy (non-hydrogen) atoms. The van der Waals surface area contributed by atoms with E-state index in [0.717, 1.165) is 25.7 Å². The summed E-state index contributed by atoms with van der Waals surface area (Å²) in [7, 11) is 2.19. The minimum Gasteiger partial charge on any atom is -0.361 e. The van der Waals surface area contributed by atoms with Gasteiger partial charge in [0.05, 0.1) is 0 Å². The minimum atomic E-state index is 0.812. The molecule has 2 aromatic rings. The molecule has 0 amide bonds. The van der Waals surface area contributed by atoms with Crippen molar-refractivity contribution in [1.82, 2.24) is 15.2 Å². The summed E-state index contributed by atoms with van der Waals surface area (Å²) in [5.41, 5.74) is 2.64. The number of fused-ring (bicyclic) bond motifs is 1. The van der Waals surface area contributed by atoms with E-state index in [1.165, 1.54) is 29.3 Å². The first kappa shape index (κ1) is 11.8. The zero-order valence-electron chi connectivity index (χ0n) is 10.9. The molecule has 1 fully saturated rings. The van der Waals surface area contributed by atoms with E-state index in [1.807, 2.05) is 6.20 Å². The van der Waals surface area contributed by atoms with Crippen molar-refractivity contribution in [3.8, 4) is 0 Å². The van der Waals surface area contributed by atoms with E-state index in [0.29, 0.717) is 0 Å². The van der Waals surface area contributed by atoms with Crippen LogP contribution in [0.3, 0.4) is 0 Å². The van der Waals surface area contributed by atoms with Crippen LogP contribution < -0.4 is 5.32 Å². The summed E-state index contributed by atoms with van der Waals surface area (Å²) in [5.74, 6) is 0. The Morgan fingerprint density at radius 2 is 2.22 bits per heavy atom. The Morgan fingerprint density at radius 3 is 3.06 bits per heavy atom. The SMILES string of the molecule is CN(CCNC1CC1)Cc1cccc2[nH]ccc12. The first-order chi connectivity index (χ1) is 8.83. The van der Waals surface area contributed by atoms with Crippen molar-refractivity contribution in [1.29, 1.82) is 0 Å². The summed E-state index contributed by atoms with van der Waals surface area (Å²) >= 11 is 0. The Labute approximate surface area is 108 Å². The second-order valence-electron chi connectivity index (χ2n) is 5.32. The average Bonchev–Trinajstić information content (AvgIpc) is 3.05. The fourth-order valence-corrected chi connectivity index (χ4v) is 2.41. The summed E-state index contributed by atoms with van der Waals surface area (Å²) in [4.78, 5) is 5.65. The molecule has 0 bridgehead atoms. The number of H-pyrrole nitrogens is 1. The van der Waals surface area contributed by atoms with Crippen molar-refractivity contribution in [2.75, 3.05) is 20.1 Å². The Bertz CT molecular complexity index is 513. The topological polar surface area (TPSA) is 31.1 Å². The lowest BCUT2D eigenvalue weighted by Crippen LogP contribution is -2.30. The second-order valence-corrected chi connectivity index (χ2v) is 5.32. The normalized spacial score (nSPS) is 15.7. The van der Waals surface area contributed by atoms with Crippen LogP contribution in [-0.4, -0.2) is 36.1 Å². The molecule has 0 atom stereocenters. The van der Waals surface area contributed by atoms with Crippen LogP contribution in [0.1, 0.15) is 18.4 Å². The molecule has 1 aliphatic rings. The van der Waals surface area contributed by atoms with E-state index in [1.54, 1.807) is 0 Å². The average molecular weight is 243 g/mol. The zero-order valence-corrected chi connectivity index (χ0v) is 10.9. The van der Waals surface area contributed by atoms with Gasteiger partial charge in [-0.25, -0.2) is 0 Å². The van der Waals surface area contributed by atoms with Gasteiger partial charge in [-0.3, -0.25) is 0 Å². The van der Waals surface area contributed by atoms with Crippen molar-refractivity contribution in [2.24, 2.45) is 0 Å². The lowest BCUT2D eigenvalue weighted by molar-refractivity contribution is 0.325. The molecule has 1 heterocycles. The van der Waals surface area contributed by atoms with Gasteiger partial charge in [0.2, 0.25) is 0 Å². The maximum atomic E-state index is 3.56. The maximum absolute atomic E-state index is 3.56. The van der Waals surface area contributed by atoms with Crippen molar-refractivity contribution in [2.45, 2.75) is 25.4 Å². The number of hydrogen-bond acceptors (Lipinski definition) is 2. The van der Waals surface area contributed by atoms with Crippen molar-refractivity contribution < 1.29 is 0 Å². The molecule has 3 heteroatoms. The molecular weight excluding hydrogens is 222 g/mol. The molecule has 1 aromatic heterocycles. The van der Waals surface area contributed by atoms with Crippen LogP contribution in [0.4, 0.5) is 0 Å². The van der Waals surface area contributed by atoms with Gasteiger partial charge >= 0.3 is 0 Å². The Balaban J connectivity index is 1.58. The molecule has 0 unspecified atom stereocenters. The summed E-state index contributed by atoms with van der Waals surface area (Å²) in [6.07, 6.45) is 4.75. The number of nitrogens with zero attached hydrogens (tertiary/aromatic N) is 1. The Hall–Kier alpha value is -1.32. The molecule has 0 radical (unpaired) electrons. The highest BCUT2D eigenvalue weighted by molar-refractivity contribution is 5.82. The molecule has 96 valence electrons. The van der Waals surface area contributed by atoms with Gasteiger partial charge in [-0.15, -0.1) is 0 Å². The highest BCUT2D eigenvalue weighted by atomic mass is 15.1. The number of nitrogens with one attached hydrogen (secondary N) is 2. The smallest absolute Gasteiger partial charge is 0.0457 e. The number of benzene rings is 1. The quantitative estimate of drug-likeness (QED) is 0.816. The fraction of sp³-hybridized carbons (Fsp3) is 0.467. The molecule has 3 rings (SSSR count). The standard InChI is InChI=1S/C15H21N3/c1-18(10-9-16-13-5-6-13)11-12-3-2-4-15-14(12)7-8-17-15/h2-4,7-8,13,16-17H,5-6,9-11H2,1H3. The molecule has 1 saturated carbocycles. The van der Waals surface area contributed by atoms with E-state index in [9.17, 15) is 0 Å². The van der Waals surface area contributed by atoms with Gasteiger partial charge in [0.1, 0.15) is 0 Å². The lowest BCUT2D eigenvalue weighted by atomic mass is 10.1. The molecule has 0 saturated heterocycles. The summed E-state index contributed by atoms with van der Waals surface area (Å²) in [6.45, 7) is 3.23. The molecule has 0 aliphatic heterocycles. The van der Waals surface area contributed by atoms with Crippen LogP contribution >= 0.6 is 0 Å². The Kier molecular flexibility index (Phi) is 3.35. The third-order valence-corrected chi connectivity index (χ3v) is 3.63. The summed E-state index contributed by atoms with van der Waals surface area (Å²) in [6, 6.07) is 9.46. The number of aromatic nitrogens is 1. The third-order valence-electron chi connectivity index (χ3n) is 3.63. The highest BCUT2D eigenvalue weighted by Gasteiger charge is 2.19. The zero-order chi connectivity index (χ0) is 12.4. The predicted molar refractivity (Wildman–Crippen MR) is 75.7 cm³/mol. The minimum absolute atomic E-state index is 0.812. The van der Waals surface area contributed by atoms with Gasteiger partial charge in [-0.2, -0.15) is 0 Å². The van der Waals surface area contributed by atoms with Gasteiger partial charge in [0, 0.05) is 42.8 Å². The van der Waals surface area contributed by atoms with Gasteiger partial charge in [-0.1, -0.05) is 12.1 Å². The predicted octanol–water partition coefficient (Wildman–Crippen LogP) is 2.35. The maximum Gasteiger partial charge on any atom is 0.0457 e. The fourth-order valence-electron chi connectivity index (χ4n) is 2.41. The summed E-state index contributed by atoms with van der Waals surface area (Å²) < 4.78 is 0. The van der Waals surface area contributed by atoms with E-state index < -0.39 is 0 Å². The number of aromatic amines is 1. The van der Waals surface area contributed by atoms with Crippen LogP contribution in [0.25, 0.3) is 10.9 Å². The van der Waals surface area contributed by atoms with Crippen molar-refractivity contribution in [3.05, 3.63) is 36.0 Å². The van der Waals surface area contributed by atoms with Crippen LogP contribution in [0, 0.1) is 0 Å². The molecule has 1 aromatic carbocycles. The molecule has 0 spiro atoms. The van der Waals surface area contributed by atoms with Gasteiger partial charge in [0.15, 0.2) is 0 Å². The van der Waals surface area contributed by atoms with E-state index in [4.69, 9.17) is 0 Å². The van der Waals surface area contributed by atoms with Gasteiger partial charge in [-0.05, 0) is 37.6 Å². The van der Waals surface area contributed by atoms with Gasteiger partial charge in [0.25, 0.3) is 0 Å². The first-order valence-electron chi connectivity index (χ1n) is 6.80. The van der Waals surface area contributed by atoms with Crippen molar-refractivity contribution in [3.63, 3.8) is 0 Å². The van der Waals surface area contributed by atoms with Crippen LogP contribution in [-0.2, 0) is 6.54 Å². The van der Waals surface area contributed by atoms with Crippen LogP contribution in [0.15, 0.2) is 30.5 Å². The monoisotopic (exact) mass is 243 g/mol. The highest BCUT2D eigenvalue weighted by Crippen LogP contribution is 2.19. The molecule has 1 aliphatic carbocycles. The molecule has 3 nitrogen and oxygen atoms in total. The van der Waals surface area contributed by atoms with Crippen LogP contribution in [0.2, 0.25) is 0 Å². The molecule has 2 N–H and O–H groups in total. The van der Waals surface area contributed by atoms with Crippen molar-refractivity contribution >= 4 is 10.9 Å². The first-order valence-corrected chi connectivity index (χ1v) is 6.80. The van der Waals surface area contributed by atoms with E-state index in [-0.39, 0.29) is 0 Å². The second kappa shape index (κ2) is 5.12. The number of hydrogen-bond donors (Lipinski definition) is 2. The number of likely N-dealkylation sites (N-methyl/N-ethyl adjacent to an activating group) is 1. The van der Waals surface area contributed by atoms with E-state index in [2.05, 4.69) is 46.5 Å². The number of rotatable bonds is 6. The largest absolute Gasteiger partial charge is 0.361 e.